The van der Waals surface area contributed by atoms with Gasteiger partial charge in [-0.05, 0) is 52.3 Å². The lowest BCUT2D eigenvalue weighted by atomic mass is 10.3. The number of nitrogens with one attached hydrogen (secondary N) is 1. The highest BCUT2D eigenvalue weighted by Gasteiger charge is 2.12. The van der Waals surface area contributed by atoms with Crippen LogP contribution in [0.2, 0.25) is 10.0 Å². The van der Waals surface area contributed by atoms with E-state index in [0.29, 0.717) is 20.9 Å². The van der Waals surface area contributed by atoms with Gasteiger partial charge in [-0.2, -0.15) is 0 Å². The van der Waals surface area contributed by atoms with Gasteiger partial charge in [0.1, 0.15) is 11.6 Å². The van der Waals surface area contributed by atoms with E-state index in [-0.39, 0.29) is 11.6 Å². The number of rotatable bonds is 4. The minimum absolute atomic E-state index is 0.0988. The van der Waals surface area contributed by atoms with Gasteiger partial charge >= 0.3 is 0 Å². The maximum absolute atomic E-state index is 13.1. The number of benzene rings is 2. The van der Waals surface area contributed by atoms with Crippen LogP contribution >= 0.6 is 39.1 Å². The molecule has 21 heavy (non-hydrogen) atoms. The fourth-order valence-corrected chi connectivity index (χ4v) is 2.54. The molecule has 0 atom stereocenters. The molecule has 0 fully saturated rings. The third-order valence-electron chi connectivity index (χ3n) is 2.45. The van der Waals surface area contributed by atoms with Gasteiger partial charge in [0.2, 0.25) is 0 Å². The molecular formula is C14H9BrCl2FNO2. The third-order valence-corrected chi connectivity index (χ3v) is 3.63. The van der Waals surface area contributed by atoms with Crippen molar-refractivity contribution in [3.8, 4) is 5.75 Å². The molecule has 7 heteroatoms. The summed E-state index contributed by atoms with van der Waals surface area (Å²) in [6.45, 7) is -0.207. The van der Waals surface area contributed by atoms with Crippen LogP contribution in [-0.4, -0.2) is 12.5 Å². The van der Waals surface area contributed by atoms with E-state index in [4.69, 9.17) is 27.9 Å². The first-order valence-electron chi connectivity index (χ1n) is 5.78. The van der Waals surface area contributed by atoms with Gasteiger partial charge in [-0.15, -0.1) is 0 Å². The Labute approximate surface area is 139 Å². The zero-order valence-electron chi connectivity index (χ0n) is 10.5. The van der Waals surface area contributed by atoms with Gasteiger partial charge in [0.05, 0.1) is 10.7 Å². The predicted octanol–water partition coefficient (Wildman–Crippen LogP) is 4.91. The van der Waals surface area contributed by atoms with Crippen molar-refractivity contribution >= 4 is 50.7 Å². The molecule has 0 radical (unpaired) electrons. The summed E-state index contributed by atoms with van der Waals surface area (Å²) in [6, 6.07) is 8.93. The number of carbonyl (C=O) groups is 1. The molecule has 0 aliphatic heterocycles. The number of carbonyl (C=O) groups excluding carboxylic acids is 1. The van der Waals surface area contributed by atoms with Crippen molar-refractivity contribution in [3.05, 3.63) is 56.7 Å². The predicted molar refractivity (Wildman–Crippen MR) is 84.7 cm³/mol. The van der Waals surface area contributed by atoms with Gasteiger partial charge in [0, 0.05) is 9.50 Å². The molecule has 0 saturated heterocycles. The van der Waals surface area contributed by atoms with E-state index in [0.717, 1.165) is 6.07 Å². The minimum Gasteiger partial charge on any atom is -0.484 e. The molecule has 2 aromatic rings. The SMILES string of the molecule is O=C(COc1ccc(Cl)cc1)Nc1c(Cl)cc(F)cc1Br. The zero-order chi connectivity index (χ0) is 15.4. The Bertz CT molecular complexity index is 642. The van der Waals surface area contributed by atoms with Crippen LogP contribution in [0.5, 0.6) is 5.75 Å². The summed E-state index contributed by atoms with van der Waals surface area (Å²) in [5.74, 6) is -0.403. The molecule has 1 N–H and O–H groups in total. The summed E-state index contributed by atoms with van der Waals surface area (Å²) in [4.78, 5) is 11.8. The fraction of sp³-hybridized carbons (Fsp3) is 0.0714. The molecule has 0 saturated carbocycles. The van der Waals surface area contributed by atoms with Crippen molar-refractivity contribution in [2.45, 2.75) is 0 Å². The van der Waals surface area contributed by atoms with E-state index in [1.807, 2.05) is 0 Å². The Hall–Kier alpha value is -1.30. The molecule has 3 nitrogen and oxygen atoms in total. The number of hydrogen-bond acceptors (Lipinski definition) is 2. The second-order valence-corrected chi connectivity index (χ2v) is 5.73. The van der Waals surface area contributed by atoms with E-state index in [9.17, 15) is 9.18 Å². The summed E-state index contributed by atoms with van der Waals surface area (Å²) in [6.07, 6.45) is 0. The highest BCUT2D eigenvalue weighted by atomic mass is 79.9. The highest BCUT2D eigenvalue weighted by molar-refractivity contribution is 9.10. The number of amides is 1. The van der Waals surface area contributed by atoms with Gasteiger partial charge in [0.25, 0.3) is 5.91 Å². The standard InChI is InChI=1S/C14H9BrCl2FNO2/c15-11-5-9(18)6-12(17)14(11)19-13(20)7-21-10-3-1-8(16)2-4-10/h1-6H,7H2,(H,19,20). The zero-order valence-corrected chi connectivity index (χ0v) is 13.6. The van der Waals surface area contributed by atoms with Crippen LogP contribution in [0.1, 0.15) is 0 Å². The van der Waals surface area contributed by atoms with E-state index >= 15 is 0 Å². The largest absolute Gasteiger partial charge is 0.484 e. The van der Waals surface area contributed by atoms with Crippen molar-refractivity contribution in [2.75, 3.05) is 11.9 Å². The Morgan fingerprint density at radius 1 is 1.24 bits per heavy atom. The van der Waals surface area contributed by atoms with Gasteiger partial charge in [-0.3, -0.25) is 4.79 Å². The molecule has 110 valence electrons. The Morgan fingerprint density at radius 2 is 1.90 bits per heavy atom. The van der Waals surface area contributed by atoms with Crippen molar-refractivity contribution in [3.63, 3.8) is 0 Å². The molecule has 0 heterocycles. The van der Waals surface area contributed by atoms with Crippen molar-refractivity contribution in [1.82, 2.24) is 0 Å². The Morgan fingerprint density at radius 3 is 2.52 bits per heavy atom. The van der Waals surface area contributed by atoms with Crippen LogP contribution in [0.4, 0.5) is 10.1 Å². The normalized spacial score (nSPS) is 10.3. The van der Waals surface area contributed by atoms with Gasteiger partial charge in [-0.25, -0.2) is 4.39 Å². The Balaban J connectivity index is 1.97. The molecule has 0 aliphatic carbocycles. The van der Waals surface area contributed by atoms with E-state index in [1.165, 1.54) is 6.07 Å². The second kappa shape index (κ2) is 7.11. The molecule has 0 unspecified atom stereocenters. The van der Waals surface area contributed by atoms with Crippen LogP contribution in [-0.2, 0) is 4.79 Å². The summed E-state index contributed by atoms with van der Waals surface area (Å²) in [5.41, 5.74) is 0.294. The Kier molecular flexibility index (Phi) is 5.45. The minimum atomic E-state index is -0.498. The number of hydrogen-bond donors (Lipinski definition) is 1. The lowest BCUT2D eigenvalue weighted by Gasteiger charge is -2.10. The average Bonchev–Trinajstić information content (AvgIpc) is 2.42. The monoisotopic (exact) mass is 391 g/mol. The molecule has 2 rings (SSSR count). The molecule has 0 aliphatic rings. The quantitative estimate of drug-likeness (QED) is 0.802. The van der Waals surface area contributed by atoms with Gasteiger partial charge in [-0.1, -0.05) is 23.2 Å². The first kappa shape index (κ1) is 16.1. The smallest absolute Gasteiger partial charge is 0.262 e. The van der Waals surface area contributed by atoms with E-state index in [1.54, 1.807) is 24.3 Å². The average molecular weight is 393 g/mol. The van der Waals surface area contributed by atoms with Crippen molar-refractivity contribution in [1.29, 1.82) is 0 Å². The van der Waals surface area contributed by atoms with Crippen LogP contribution in [0, 0.1) is 5.82 Å². The molecule has 2 aromatic carbocycles. The second-order valence-electron chi connectivity index (χ2n) is 4.04. The topological polar surface area (TPSA) is 38.3 Å². The summed E-state index contributed by atoms with van der Waals surface area (Å²) in [7, 11) is 0. The van der Waals surface area contributed by atoms with Crippen LogP contribution in [0.25, 0.3) is 0 Å². The summed E-state index contributed by atoms with van der Waals surface area (Å²) < 4.78 is 18.7. The number of anilines is 1. The van der Waals surface area contributed by atoms with Gasteiger partial charge < -0.3 is 10.1 Å². The van der Waals surface area contributed by atoms with Crippen molar-refractivity contribution in [2.24, 2.45) is 0 Å². The number of halogens is 4. The highest BCUT2D eigenvalue weighted by Crippen LogP contribution is 2.31. The molecule has 0 bridgehead atoms. The molecular weight excluding hydrogens is 384 g/mol. The van der Waals surface area contributed by atoms with Crippen LogP contribution in [0.15, 0.2) is 40.9 Å². The number of ether oxygens (including phenoxy) is 1. The van der Waals surface area contributed by atoms with Crippen molar-refractivity contribution < 1.29 is 13.9 Å². The first-order valence-corrected chi connectivity index (χ1v) is 7.33. The first-order chi connectivity index (χ1) is 9.95. The summed E-state index contributed by atoms with van der Waals surface area (Å²) in [5, 5.41) is 3.23. The molecule has 0 aromatic heterocycles. The summed E-state index contributed by atoms with van der Waals surface area (Å²) >= 11 is 14.8. The lowest BCUT2D eigenvalue weighted by molar-refractivity contribution is -0.118. The van der Waals surface area contributed by atoms with E-state index in [2.05, 4.69) is 21.2 Å². The maximum atomic E-state index is 13.1. The van der Waals surface area contributed by atoms with Crippen LogP contribution < -0.4 is 10.1 Å². The maximum Gasteiger partial charge on any atom is 0.262 e. The lowest BCUT2D eigenvalue weighted by Crippen LogP contribution is -2.20. The molecule has 0 spiro atoms. The van der Waals surface area contributed by atoms with E-state index < -0.39 is 11.7 Å². The van der Waals surface area contributed by atoms with Crippen LogP contribution in [0.3, 0.4) is 0 Å². The third kappa shape index (κ3) is 4.59. The molecule has 1 amide bonds. The van der Waals surface area contributed by atoms with Gasteiger partial charge in [0.15, 0.2) is 6.61 Å². The fourth-order valence-electron chi connectivity index (χ4n) is 1.52.